The number of methoxy groups -OCH3 is 1. The quantitative estimate of drug-likeness (QED) is 0.409. The van der Waals surface area contributed by atoms with Gasteiger partial charge in [-0.05, 0) is 58.9 Å². The number of hydrogen-bond donors (Lipinski definition) is 2. The summed E-state index contributed by atoms with van der Waals surface area (Å²) in [5.74, 6) is 2.44. The second kappa shape index (κ2) is 10.6. The molecule has 23 heavy (non-hydrogen) atoms. The predicted octanol–water partition coefficient (Wildman–Crippen LogP) is 3.43. The zero-order chi connectivity index (χ0) is 16.6. The maximum Gasteiger partial charge on any atom is 0.191 e. The summed E-state index contributed by atoms with van der Waals surface area (Å²) in [6.07, 6.45) is -0.0104. The van der Waals surface area contributed by atoms with E-state index in [0.717, 1.165) is 24.0 Å². The summed E-state index contributed by atoms with van der Waals surface area (Å²) in [5, 5.41) is 6.60. The summed E-state index contributed by atoms with van der Waals surface area (Å²) in [5.41, 5.74) is -0.0267. The van der Waals surface area contributed by atoms with Crippen LogP contribution < -0.4 is 20.1 Å². The first-order chi connectivity index (χ1) is 10.3. The van der Waals surface area contributed by atoms with Crippen LogP contribution in [-0.2, 0) is 0 Å². The lowest BCUT2D eigenvalue weighted by Gasteiger charge is -2.24. The molecule has 0 aliphatic heterocycles. The van der Waals surface area contributed by atoms with Gasteiger partial charge >= 0.3 is 0 Å². The summed E-state index contributed by atoms with van der Waals surface area (Å²) in [6, 6.07) is 7.57. The molecule has 1 aromatic carbocycles. The molecule has 2 N–H and O–H groups in total. The lowest BCUT2D eigenvalue weighted by atomic mass is 10.1. The molecule has 0 heterocycles. The second-order valence-electron chi connectivity index (χ2n) is 6.20. The highest BCUT2D eigenvalue weighted by Gasteiger charge is 2.12. The van der Waals surface area contributed by atoms with Gasteiger partial charge in [-0.25, -0.2) is 4.99 Å². The Kier molecular flexibility index (Phi) is 10.0. The molecule has 0 aromatic heterocycles. The van der Waals surface area contributed by atoms with Crippen molar-refractivity contribution in [2.45, 2.75) is 46.3 Å². The van der Waals surface area contributed by atoms with Crippen LogP contribution in [0.2, 0.25) is 0 Å². The zero-order valence-corrected chi connectivity index (χ0v) is 17.3. The van der Waals surface area contributed by atoms with Gasteiger partial charge in [-0.3, -0.25) is 0 Å². The molecule has 0 bridgehead atoms. The van der Waals surface area contributed by atoms with E-state index in [-0.39, 0.29) is 35.6 Å². The molecule has 6 heteroatoms. The van der Waals surface area contributed by atoms with Gasteiger partial charge in [0, 0.05) is 12.1 Å². The number of hydrogen-bond acceptors (Lipinski definition) is 3. The average Bonchev–Trinajstić information content (AvgIpc) is 2.44. The first-order valence-corrected chi connectivity index (χ1v) is 7.71. The van der Waals surface area contributed by atoms with Crippen LogP contribution in [0.15, 0.2) is 29.3 Å². The van der Waals surface area contributed by atoms with Gasteiger partial charge in [0.1, 0.15) is 17.6 Å². The minimum absolute atomic E-state index is 0. The minimum atomic E-state index is -0.0267. The Morgan fingerprint density at radius 1 is 1.17 bits per heavy atom. The molecule has 1 unspecified atom stereocenters. The van der Waals surface area contributed by atoms with Crippen molar-refractivity contribution in [3.8, 4) is 11.5 Å². The second-order valence-corrected chi connectivity index (χ2v) is 6.20. The Morgan fingerprint density at radius 3 is 2.22 bits per heavy atom. The SMILES string of the molecule is CCNC(=NCC(C)Oc1ccc(OC)cc1)NC(C)(C)C.I. The number of halogens is 1. The highest BCUT2D eigenvalue weighted by Crippen LogP contribution is 2.18. The van der Waals surface area contributed by atoms with Gasteiger partial charge in [-0.2, -0.15) is 0 Å². The fourth-order valence-corrected chi connectivity index (χ4v) is 1.81. The Labute approximate surface area is 157 Å². The van der Waals surface area contributed by atoms with Gasteiger partial charge in [0.2, 0.25) is 0 Å². The third-order valence-corrected chi connectivity index (χ3v) is 2.74. The minimum Gasteiger partial charge on any atom is -0.497 e. The molecule has 0 radical (unpaired) electrons. The third kappa shape index (κ3) is 9.53. The van der Waals surface area contributed by atoms with E-state index < -0.39 is 0 Å². The van der Waals surface area contributed by atoms with E-state index in [1.165, 1.54) is 0 Å². The molecule has 132 valence electrons. The number of nitrogens with zero attached hydrogens (tertiary/aromatic N) is 1. The maximum absolute atomic E-state index is 5.85. The van der Waals surface area contributed by atoms with Gasteiger partial charge in [0.15, 0.2) is 5.96 Å². The Morgan fingerprint density at radius 2 is 1.74 bits per heavy atom. The van der Waals surface area contributed by atoms with Crippen LogP contribution in [0.4, 0.5) is 0 Å². The molecule has 0 saturated carbocycles. The molecule has 1 aromatic rings. The van der Waals surface area contributed by atoms with Gasteiger partial charge in [0.05, 0.1) is 13.7 Å². The topological polar surface area (TPSA) is 54.9 Å². The number of benzene rings is 1. The summed E-state index contributed by atoms with van der Waals surface area (Å²) in [4.78, 5) is 4.57. The Bertz CT molecular complexity index is 470. The Balaban J connectivity index is 0.00000484. The van der Waals surface area contributed by atoms with E-state index in [0.29, 0.717) is 6.54 Å². The number of ether oxygens (including phenoxy) is 2. The molecule has 0 aliphatic carbocycles. The number of nitrogens with one attached hydrogen (secondary N) is 2. The van der Waals surface area contributed by atoms with Crippen LogP contribution >= 0.6 is 24.0 Å². The maximum atomic E-state index is 5.85. The largest absolute Gasteiger partial charge is 0.497 e. The van der Waals surface area contributed by atoms with E-state index in [2.05, 4.69) is 43.3 Å². The standard InChI is InChI=1S/C17H29N3O2.HI/c1-7-18-16(20-17(3,4)5)19-12-13(2)22-15-10-8-14(21-6)9-11-15;/h8-11,13H,7,12H2,1-6H3,(H2,18,19,20);1H. The van der Waals surface area contributed by atoms with Crippen molar-refractivity contribution >= 4 is 29.9 Å². The first kappa shape index (κ1) is 21.8. The van der Waals surface area contributed by atoms with E-state index >= 15 is 0 Å². The molecule has 1 atom stereocenters. The summed E-state index contributed by atoms with van der Waals surface area (Å²) < 4.78 is 11.0. The third-order valence-electron chi connectivity index (χ3n) is 2.74. The van der Waals surface area contributed by atoms with Crippen LogP contribution in [0, 0.1) is 0 Å². The van der Waals surface area contributed by atoms with Crippen molar-refractivity contribution in [3.63, 3.8) is 0 Å². The van der Waals surface area contributed by atoms with Crippen molar-refractivity contribution in [3.05, 3.63) is 24.3 Å². The van der Waals surface area contributed by atoms with Crippen molar-refractivity contribution in [1.82, 2.24) is 10.6 Å². The normalized spacial score (nSPS) is 12.9. The molecule has 5 nitrogen and oxygen atoms in total. The lowest BCUT2D eigenvalue weighted by Crippen LogP contribution is -2.47. The van der Waals surface area contributed by atoms with Crippen LogP contribution in [0.25, 0.3) is 0 Å². The van der Waals surface area contributed by atoms with E-state index in [1.807, 2.05) is 31.2 Å². The number of rotatable bonds is 6. The number of aliphatic imine (C=N–C) groups is 1. The molecule has 0 aliphatic rings. The smallest absolute Gasteiger partial charge is 0.191 e. The fraction of sp³-hybridized carbons (Fsp3) is 0.588. The first-order valence-electron chi connectivity index (χ1n) is 7.71. The van der Waals surface area contributed by atoms with E-state index in [4.69, 9.17) is 9.47 Å². The van der Waals surface area contributed by atoms with Crippen molar-refractivity contribution in [2.24, 2.45) is 4.99 Å². The molecule has 0 fully saturated rings. The van der Waals surface area contributed by atoms with Crippen molar-refractivity contribution < 1.29 is 9.47 Å². The van der Waals surface area contributed by atoms with Gasteiger partial charge in [0.25, 0.3) is 0 Å². The highest BCUT2D eigenvalue weighted by atomic mass is 127. The fourth-order valence-electron chi connectivity index (χ4n) is 1.81. The summed E-state index contributed by atoms with van der Waals surface area (Å²) in [7, 11) is 1.65. The van der Waals surface area contributed by atoms with E-state index in [9.17, 15) is 0 Å². The number of guanidine groups is 1. The Hall–Kier alpha value is -1.18. The van der Waals surface area contributed by atoms with E-state index in [1.54, 1.807) is 7.11 Å². The molecular weight excluding hydrogens is 405 g/mol. The summed E-state index contributed by atoms with van der Waals surface area (Å²) in [6.45, 7) is 11.8. The van der Waals surface area contributed by atoms with Crippen LogP contribution in [-0.4, -0.2) is 37.8 Å². The average molecular weight is 435 g/mol. The van der Waals surface area contributed by atoms with Crippen LogP contribution in [0.1, 0.15) is 34.6 Å². The highest BCUT2D eigenvalue weighted by molar-refractivity contribution is 14.0. The molecule has 0 amide bonds. The lowest BCUT2D eigenvalue weighted by molar-refractivity contribution is 0.230. The van der Waals surface area contributed by atoms with Gasteiger partial charge in [-0.1, -0.05) is 0 Å². The molecule has 1 rings (SSSR count). The monoisotopic (exact) mass is 435 g/mol. The van der Waals surface area contributed by atoms with Crippen LogP contribution in [0.3, 0.4) is 0 Å². The predicted molar refractivity (Wildman–Crippen MR) is 107 cm³/mol. The molecular formula is C17H30IN3O2. The summed E-state index contributed by atoms with van der Waals surface area (Å²) >= 11 is 0. The van der Waals surface area contributed by atoms with Gasteiger partial charge < -0.3 is 20.1 Å². The molecule has 0 spiro atoms. The van der Waals surface area contributed by atoms with Crippen molar-refractivity contribution in [2.75, 3.05) is 20.2 Å². The van der Waals surface area contributed by atoms with Gasteiger partial charge in [-0.15, -0.1) is 24.0 Å². The zero-order valence-electron chi connectivity index (χ0n) is 15.0. The molecule has 0 saturated heterocycles. The van der Waals surface area contributed by atoms with Crippen molar-refractivity contribution in [1.29, 1.82) is 0 Å². The van der Waals surface area contributed by atoms with Crippen LogP contribution in [0.5, 0.6) is 11.5 Å².